The van der Waals surface area contributed by atoms with Gasteiger partial charge in [0.15, 0.2) is 0 Å². The van der Waals surface area contributed by atoms with Gasteiger partial charge in [-0.1, -0.05) is 254 Å². The van der Waals surface area contributed by atoms with Gasteiger partial charge in [-0.05, 0) is 94.5 Å². The van der Waals surface area contributed by atoms with Gasteiger partial charge in [0.2, 0.25) is 0 Å². The second-order valence-electron chi connectivity index (χ2n) is 14.4. The van der Waals surface area contributed by atoms with Crippen molar-refractivity contribution < 1.29 is 0 Å². The Morgan fingerprint density at radius 1 is 0.207 bits per heavy atom. The number of benzene rings is 9. The molecule has 0 atom stereocenters. The van der Waals surface area contributed by atoms with E-state index in [9.17, 15) is 0 Å². The van der Waals surface area contributed by atoms with E-state index in [0.29, 0.717) is 0 Å². The fourth-order valence-electron chi connectivity index (χ4n) is 6.84. The molecule has 0 aliphatic carbocycles. The van der Waals surface area contributed by atoms with Gasteiger partial charge in [-0.25, -0.2) is 0 Å². The highest BCUT2D eigenvalue weighted by atomic mass is 14.1. The molecule has 0 spiro atoms. The Morgan fingerprint density at radius 3 is 0.983 bits per heavy atom. The molecule has 0 bridgehead atoms. The molecular weight excluding hydrogens is 697 g/mol. The number of rotatable bonds is 5. The van der Waals surface area contributed by atoms with Crippen molar-refractivity contribution in [1.82, 2.24) is 0 Å². The van der Waals surface area contributed by atoms with E-state index in [0.717, 1.165) is 0 Å². The molecule has 0 nitrogen and oxygen atoms in total. The monoisotopic (exact) mass is 748 g/mol. The zero-order valence-electron chi connectivity index (χ0n) is 34.1. The lowest BCUT2D eigenvalue weighted by molar-refractivity contribution is 1.45. The van der Waals surface area contributed by atoms with E-state index >= 15 is 0 Å². The van der Waals surface area contributed by atoms with Gasteiger partial charge in [-0.3, -0.25) is 0 Å². The summed E-state index contributed by atoms with van der Waals surface area (Å²) in [6.45, 7) is 8.56. The molecule has 0 unspecified atom stereocenters. The molecule has 284 valence electrons. The van der Waals surface area contributed by atoms with Crippen LogP contribution in [0.15, 0.2) is 243 Å². The van der Waals surface area contributed by atoms with Gasteiger partial charge in [-0.15, -0.1) is 0 Å². The van der Waals surface area contributed by atoms with Crippen LogP contribution >= 0.6 is 0 Å². The normalized spacial score (nSPS) is 10.1. The van der Waals surface area contributed by atoms with Crippen LogP contribution < -0.4 is 0 Å². The second-order valence-corrected chi connectivity index (χ2v) is 14.4. The minimum absolute atomic E-state index is 1.28. The van der Waals surface area contributed by atoms with Crippen molar-refractivity contribution in [3.05, 3.63) is 265 Å². The predicted molar refractivity (Wildman–Crippen MR) is 252 cm³/mol. The molecular formula is C58H52. The summed E-state index contributed by atoms with van der Waals surface area (Å²) in [6.07, 6.45) is 0. The molecule has 0 saturated heterocycles. The summed E-state index contributed by atoms with van der Waals surface area (Å²) >= 11 is 0. The first kappa shape index (κ1) is 40.6. The molecule has 0 heteroatoms. The number of hydrogen-bond donors (Lipinski definition) is 0. The Labute approximate surface area is 346 Å². The molecule has 9 aromatic carbocycles. The van der Waals surface area contributed by atoms with Gasteiger partial charge in [0.05, 0.1) is 0 Å². The highest BCUT2D eigenvalue weighted by molar-refractivity contribution is 5.78. The van der Waals surface area contributed by atoms with Crippen LogP contribution in [0.4, 0.5) is 0 Å². The molecule has 0 amide bonds. The third-order valence-electron chi connectivity index (χ3n) is 10.0. The van der Waals surface area contributed by atoms with Gasteiger partial charge in [-0.2, -0.15) is 0 Å². The average Bonchev–Trinajstić information content (AvgIpc) is 3.29. The van der Waals surface area contributed by atoms with Crippen LogP contribution in [0, 0.1) is 27.7 Å². The smallest absolute Gasteiger partial charge is 0.0149 e. The van der Waals surface area contributed by atoms with Crippen molar-refractivity contribution in [2.75, 3.05) is 0 Å². The van der Waals surface area contributed by atoms with Crippen LogP contribution in [-0.2, 0) is 0 Å². The molecule has 0 aliphatic rings. The van der Waals surface area contributed by atoms with Crippen LogP contribution in [0.1, 0.15) is 22.3 Å². The third kappa shape index (κ3) is 11.7. The van der Waals surface area contributed by atoms with Crippen molar-refractivity contribution in [3.8, 4) is 55.6 Å². The van der Waals surface area contributed by atoms with Crippen LogP contribution in [0.5, 0.6) is 0 Å². The molecule has 9 aromatic rings. The van der Waals surface area contributed by atoms with Gasteiger partial charge in [0.1, 0.15) is 0 Å². The third-order valence-corrected chi connectivity index (χ3v) is 10.0. The SMILES string of the molecule is Cc1c(-c2ccccc2)cccc1-c1ccccc1.Cc1ccc(-c2ccccc2)cc1.Cc1cccc(-c2ccccc2)c1.Cc1ccccc1-c1ccccc1. The van der Waals surface area contributed by atoms with Crippen molar-refractivity contribution in [2.24, 2.45) is 0 Å². The first-order chi connectivity index (χ1) is 28.5. The van der Waals surface area contributed by atoms with E-state index in [1.165, 1.54) is 77.9 Å². The van der Waals surface area contributed by atoms with E-state index < -0.39 is 0 Å². The van der Waals surface area contributed by atoms with Crippen LogP contribution in [0.2, 0.25) is 0 Å². The van der Waals surface area contributed by atoms with Gasteiger partial charge < -0.3 is 0 Å². The Bertz CT molecular complexity index is 2480. The Hall–Kier alpha value is -7.02. The summed E-state index contributed by atoms with van der Waals surface area (Å²) in [6, 6.07) is 84.6. The molecule has 0 radical (unpaired) electrons. The topological polar surface area (TPSA) is 0 Å². The van der Waals surface area contributed by atoms with E-state index in [1.807, 2.05) is 18.2 Å². The quantitative estimate of drug-likeness (QED) is 0.164. The standard InChI is InChI=1S/C19H16.3C13H12/c1-15-18(16-9-4-2-5-10-16)13-8-14-19(15)17-11-6-3-7-12-17;1-11-7-5-6-10-13(11)12-8-3-2-4-9-12;1-11-6-5-9-13(10-11)12-7-3-2-4-8-12;1-11-7-9-13(10-8-11)12-5-3-2-4-6-12/h2-14H,1H3;3*2-10H,1H3. The molecule has 0 fully saturated rings. The van der Waals surface area contributed by atoms with Gasteiger partial charge in [0.25, 0.3) is 0 Å². The first-order valence-corrected chi connectivity index (χ1v) is 20.0. The first-order valence-electron chi connectivity index (χ1n) is 20.0. The van der Waals surface area contributed by atoms with Crippen LogP contribution in [0.3, 0.4) is 0 Å². The van der Waals surface area contributed by atoms with Crippen LogP contribution in [-0.4, -0.2) is 0 Å². The summed E-state index contributed by atoms with van der Waals surface area (Å²) in [5, 5.41) is 0. The fraction of sp³-hybridized carbons (Fsp3) is 0.0690. The van der Waals surface area contributed by atoms with Crippen molar-refractivity contribution in [3.63, 3.8) is 0 Å². The van der Waals surface area contributed by atoms with E-state index in [4.69, 9.17) is 0 Å². The molecule has 0 N–H and O–H groups in total. The second kappa shape index (κ2) is 21.3. The highest BCUT2D eigenvalue weighted by Gasteiger charge is 2.07. The number of aryl methyl sites for hydroxylation is 3. The van der Waals surface area contributed by atoms with Crippen LogP contribution in [0.25, 0.3) is 55.6 Å². The fourth-order valence-corrected chi connectivity index (χ4v) is 6.84. The lowest BCUT2D eigenvalue weighted by atomic mass is 9.93. The summed E-state index contributed by atoms with van der Waals surface area (Å²) in [5.41, 5.74) is 18.2. The maximum absolute atomic E-state index is 2.20. The Kier molecular flexibility index (Phi) is 14.9. The molecule has 0 aliphatic heterocycles. The van der Waals surface area contributed by atoms with E-state index in [2.05, 4.69) is 252 Å². The van der Waals surface area contributed by atoms with E-state index in [-0.39, 0.29) is 0 Å². The lowest BCUT2D eigenvalue weighted by Crippen LogP contribution is -1.87. The highest BCUT2D eigenvalue weighted by Crippen LogP contribution is 2.31. The molecule has 9 rings (SSSR count). The van der Waals surface area contributed by atoms with Crippen molar-refractivity contribution in [2.45, 2.75) is 27.7 Å². The summed E-state index contributed by atoms with van der Waals surface area (Å²) in [5.74, 6) is 0. The zero-order chi connectivity index (χ0) is 40.4. The maximum Gasteiger partial charge on any atom is -0.0149 e. The molecule has 0 saturated carbocycles. The van der Waals surface area contributed by atoms with E-state index in [1.54, 1.807) is 0 Å². The largest absolute Gasteiger partial charge is 0.0622 e. The zero-order valence-corrected chi connectivity index (χ0v) is 34.1. The molecule has 0 heterocycles. The summed E-state index contributed by atoms with van der Waals surface area (Å²) in [4.78, 5) is 0. The number of hydrogen-bond acceptors (Lipinski definition) is 0. The Morgan fingerprint density at radius 2 is 0.534 bits per heavy atom. The molecule has 58 heavy (non-hydrogen) atoms. The van der Waals surface area contributed by atoms with Gasteiger partial charge in [0, 0.05) is 0 Å². The van der Waals surface area contributed by atoms with Gasteiger partial charge >= 0.3 is 0 Å². The summed E-state index contributed by atoms with van der Waals surface area (Å²) in [7, 11) is 0. The Balaban J connectivity index is 0.000000132. The average molecular weight is 749 g/mol. The minimum Gasteiger partial charge on any atom is -0.0622 e. The summed E-state index contributed by atoms with van der Waals surface area (Å²) < 4.78 is 0. The minimum atomic E-state index is 1.28. The molecule has 0 aromatic heterocycles. The van der Waals surface area contributed by atoms with Crippen molar-refractivity contribution in [1.29, 1.82) is 0 Å². The predicted octanol–water partition coefficient (Wildman–Crippen LogP) is 16.3. The van der Waals surface area contributed by atoms with Crippen molar-refractivity contribution >= 4 is 0 Å². The lowest BCUT2D eigenvalue weighted by Gasteiger charge is -2.11. The maximum atomic E-state index is 2.20.